The Morgan fingerprint density at radius 2 is 2.09 bits per heavy atom. The molecule has 0 saturated carbocycles. The van der Waals surface area contributed by atoms with E-state index in [0.717, 1.165) is 19.6 Å². The number of benzene rings is 1. The molecule has 3 heterocycles. The Hall–Kier alpha value is -2.31. The minimum Gasteiger partial charge on any atom is -0.461 e. The van der Waals surface area contributed by atoms with E-state index in [1.165, 1.54) is 11.3 Å². The van der Waals surface area contributed by atoms with Crippen molar-refractivity contribution in [3.63, 3.8) is 0 Å². The fourth-order valence-electron chi connectivity index (χ4n) is 2.68. The van der Waals surface area contributed by atoms with E-state index in [4.69, 9.17) is 8.94 Å². The third-order valence-corrected chi connectivity index (χ3v) is 3.74. The molecule has 1 aromatic carbocycles. The highest BCUT2D eigenvalue weighted by molar-refractivity contribution is 5.85. The lowest BCUT2D eigenvalue weighted by atomic mass is 10.1. The van der Waals surface area contributed by atoms with E-state index in [2.05, 4.69) is 44.6 Å². The third-order valence-electron chi connectivity index (χ3n) is 3.74. The van der Waals surface area contributed by atoms with Gasteiger partial charge in [0, 0.05) is 25.3 Å². The summed E-state index contributed by atoms with van der Waals surface area (Å²) in [5, 5.41) is 7.40. The summed E-state index contributed by atoms with van der Waals surface area (Å²) in [7, 11) is 0. The van der Waals surface area contributed by atoms with Crippen LogP contribution in [0.25, 0.3) is 11.6 Å². The Morgan fingerprint density at radius 1 is 1.17 bits per heavy atom. The van der Waals surface area contributed by atoms with Crippen LogP contribution in [0.15, 0.2) is 51.6 Å². The van der Waals surface area contributed by atoms with Crippen LogP contribution in [-0.4, -0.2) is 23.2 Å². The van der Waals surface area contributed by atoms with E-state index >= 15 is 0 Å². The van der Waals surface area contributed by atoms with E-state index in [1.807, 2.05) is 12.1 Å². The van der Waals surface area contributed by atoms with Crippen LogP contribution in [0.5, 0.6) is 0 Å². The summed E-state index contributed by atoms with van der Waals surface area (Å²) >= 11 is 0. The van der Waals surface area contributed by atoms with Gasteiger partial charge in [0.05, 0.1) is 12.8 Å². The first-order valence-electron chi connectivity index (χ1n) is 7.30. The van der Waals surface area contributed by atoms with Gasteiger partial charge in [0.15, 0.2) is 5.76 Å². The summed E-state index contributed by atoms with van der Waals surface area (Å²) in [6.07, 6.45) is 1.60. The van der Waals surface area contributed by atoms with E-state index in [0.29, 0.717) is 24.0 Å². The number of nitrogens with zero attached hydrogens (tertiary/aromatic N) is 3. The number of rotatable bonds is 3. The maximum absolute atomic E-state index is 5.36. The zero-order chi connectivity index (χ0) is 14.8. The predicted octanol–water partition coefficient (Wildman–Crippen LogP) is 2.86. The van der Waals surface area contributed by atoms with E-state index in [9.17, 15) is 0 Å². The predicted molar refractivity (Wildman–Crippen MR) is 88.4 cm³/mol. The lowest BCUT2D eigenvalue weighted by Crippen LogP contribution is -2.28. The fraction of sp³-hybridized carbons (Fsp3) is 0.250. The Balaban J connectivity index is 0.00000156. The standard InChI is InChI=1S/C16H16N4O2.ClH/c1-2-5-13-12(4-1)10-17-7-8-20(13)11-15-18-16(19-22-15)14-6-3-9-21-14;/h1-6,9,17H,7-8,10-11H2;1H. The van der Waals surface area contributed by atoms with Crippen LogP contribution in [0.1, 0.15) is 11.5 Å². The molecule has 0 amide bonds. The Bertz CT molecular complexity index is 757. The van der Waals surface area contributed by atoms with E-state index < -0.39 is 0 Å². The lowest BCUT2D eigenvalue weighted by Gasteiger charge is -2.22. The van der Waals surface area contributed by atoms with Crippen LogP contribution >= 0.6 is 12.4 Å². The largest absolute Gasteiger partial charge is 0.461 e. The van der Waals surface area contributed by atoms with Crippen molar-refractivity contribution >= 4 is 18.1 Å². The number of para-hydroxylation sites is 1. The van der Waals surface area contributed by atoms with Crippen molar-refractivity contribution in [2.24, 2.45) is 0 Å². The van der Waals surface area contributed by atoms with Crippen LogP contribution in [0.2, 0.25) is 0 Å². The van der Waals surface area contributed by atoms with Crippen molar-refractivity contribution in [1.82, 2.24) is 15.5 Å². The molecule has 0 bridgehead atoms. The average Bonchev–Trinajstić information content (AvgIpc) is 3.18. The quantitative estimate of drug-likeness (QED) is 0.795. The van der Waals surface area contributed by atoms with Crippen LogP contribution in [0, 0.1) is 0 Å². The van der Waals surface area contributed by atoms with Gasteiger partial charge in [-0.1, -0.05) is 23.4 Å². The Kier molecular flexibility index (Phi) is 4.64. The number of aromatic nitrogens is 2. The summed E-state index contributed by atoms with van der Waals surface area (Å²) in [5.74, 6) is 1.69. The second kappa shape index (κ2) is 6.85. The highest BCUT2D eigenvalue weighted by Gasteiger charge is 2.18. The zero-order valence-corrected chi connectivity index (χ0v) is 13.3. The first kappa shape index (κ1) is 15.6. The first-order valence-corrected chi connectivity index (χ1v) is 7.30. The van der Waals surface area contributed by atoms with E-state index in [1.54, 1.807) is 6.26 Å². The molecule has 1 N–H and O–H groups in total. The molecule has 0 fully saturated rings. The number of halogens is 1. The normalized spacial score (nSPS) is 14.0. The SMILES string of the molecule is Cl.c1coc(-c2noc(CN3CCNCc4ccccc43)n2)c1. The summed E-state index contributed by atoms with van der Waals surface area (Å²) in [4.78, 5) is 6.68. The van der Waals surface area contributed by atoms with Crippen LogP contribution in [0.3, 0.4) is 0 Å². The van der Waals surface area contributed by atoms with Gasteiger partial charge in [0.1, 0.15) is 0 Å². The van der Waals surface area contributed by atoms with Crippen LogP contribution < -0.4 is 10.2 Å². The van der Waals surface area contributed by atoms with Gasteiger partial charge in [0.25, 0.3) is 0 Å². The van der Waals surface area contributed by atoms with Crippen molar-refractivity contribution in [3.8, 4) is 11.6 Å². The molecule has 3 aromatic rings. The minimum absolute atomic E-state index is 0. The van der Waals surface area contributed by atoms with Crippen molar-refractivity contribution in [2.75, 3.05) is 18.0 Å². The molecule has 0 spiro atoms. The van der Waals surface area contributed by atoms with E-state index in [-0.39, 0.29) is 12.4 Å². The number of hydrogen-bond donors (Lipinski definition) is 1. The fourth-order valence-corrected chi connectivity index (χ4v) is 2.68. The van der Waals surface area contributed by atoms with Gasteiger partial charge in [-0.15, -0.1) is 12.4 Å². The molecular formula is C16H17ClN4O2. The topological polar surface area (TPSA) is 67.3 Å². The molecule has 4 rings (SSSR count). The number of fused-ring (bicyclic) bond motifs is 1. The van der Waals surface area contributed by atoms with Gasteiger partial charge in [-0.05, 0) is 23.8 Å². The number of nitrogens with one attached hydrogen (secondary N) is 1. The van der Waals surface area contributed by atoms with Gasteiger partial charge >= 0.3 is 0 Å². The van der Waals surface area contributed by atoms with Crippen molar-refractivity contribution in [2.45, 2.75) is 13.1 Å². The van der Waals surface area contributed by atoms with Crippen LogP contribution in [0.4, 0.5) is 5.69 Å². The van der Waals surface area contributed by atoms with Crippen molar-refractivity contribution < 1.29 is 8.94 Å². The summed E-state index contributed by atoms with van der Waals surface area (Å²) in [5.41, 5.74) is 2.50. The maximum Gasteiger partial charge on any atom is 0.246 e. The molecule has 120 valence electrons. The summed E-state index contributed by atoms with van der Waals surface area (Å²) in [6.45, 7) is 3.30. The van der Waals surface area contributed by atoms with Gasteiger partial charge in [-0.25, -0.2) is 0 Å². The minimum atomic E-state index is 0. The first-order chi connectivity index (χ1) is 10.9. The lowest BCUT2D eigenvalue weighted by molar-refractivity contribution is 0.375. The van der Waals surface area contributed by atoms with Crippen molar-refractivity contribution in [1.29, 1.82) is 0 Å². The zero-order valence-electron chi connectivity index (χ0n) is 12.4. The van der Waals surface area contributed by atoms with Gasteiger partial charge in [-0.2, -0.15) is 4.98 Å². The van der Waals surface area contributed by atoms with Gasteiger partial charge in [-0.3, -0.25) is 0 Å². The smallest absolute Gasteiger partial charge is 0.246 e. The second-order valence-corrected chi connectivity index (χ2v) is 5.22. The third kappa shape index (κ3) is 3.23. The average molecular weight is 333 g/mol. The molecule has 7 heteroatoms. The van der Waals surface area contributed by atoms with Crippen LogP contribution in [-0.2, 0) is 13.1 Å². The molecule has 23 heavy (non-hydrogen) atoms. The Morgan fingerprint density at radius 3 is 2.96 bits per heavy atom. The highest BCUT2D eigenvalue weighted by atomic mass is 35.5. The molecule has 6 nitrogen and oxygen atoms in total. The molecule has 0 saturated heterocycles. The summed E-state index contributed by atoms with van der Waals surface area (Å²) < 4.78 is 10.7. The monoisotopic (exact) mass is 332 g/mol. The molecule has 0 atom stereocenters. The molecule has 0 radical (unpaired) electrons. The number of anilines is 1. The maximum atomic E-state index is 5.36. The van der Waals surface area contributed by atoms with Gasteiger partial charge in [0.2, 0.25) is 11.7 Å². The van der Waals surface area contributed by atoms with Crippen molar-refractivity contribution in [3.05, 3.63) is 54.1 Å². The van der Waals surface area contributed by atoms with Gasteiger partial charge < -0.3 is 19.2 Å². The molecule has 0 unspecified atom stereocenters. The summed E-state index contributed by atoms with van der Waals surface area (Å²) in [6, 6.07) is 12.0. The Labute approximate surface area is 139 Å². The molecule has 1 aliphatic heterocycles. The second-order valence-electron chi connectivity index (χ2n) is 5.22. The molecular weight excluding hydrogens is 316 g/mol. The number of hydrogen-bond acceptors (Lipinski definition) is 6. The highest BCUT2D eigenvalue weighted by Crippen LogP contribution is 2.24. The number of furan rings is 1. The molecule has 2 aromatic heterocycles. The molecule has 1 aliphatic rings. The molecule has 0 aliphatic carbocycles.